The molecular formula is C10H11N5O2. The van der Waals surface area contributed by atoms with Crippen molar-refractivity contribution in [2.24, 2.45) is 7.05 Å². The molecule has 1 N–H and O–H groups in total. The Hall–Kier alpha value is -2.44. The number of hydrogen-bond acceptors (Lipinski definition) is 5. The van der Waals surface area contributed by atoms with Crippen LogP contribution in [0.4, 0.5) is 11.4 Å². The molecule has 0 saturated heterocycles. The lowest BCUT2D eigenvalue weighted by molar-refractivity contribution is -0.384. The van der Waals surface area contributed by atoms with E-state index < -0.39 is 4.92 Å². The summed E-state index contributed by atoms with van der Waals surface area (Å²) in [5.41, 5.74) is 0.870. The van der Waals surface area contributed by atoms with Crippen molar-refractivity contribution in [3.05, 3.63) is 46.5 Å². The van der Waals surface area contributed by atoms with Gasteiger partial charge in [-0.2, -0.15) is 5.10 Å². The molecule has 0 atom stereocenters. The van der Waals surface area contributed by atoms with E-state index in [1.54, 1.807) is 30.2 Å². The maximum absolute atomic E-state index is 10.5. The molecule has 0 aliphatic carbocycles. The van der Waals surface area contributed by atoms with Crippen molar-refractivity contribution in [2.75, 3.05) is 5.32 Å². The average molecular weight is 233 g/mol. The van der Waals surface area contributed by atoms with E-state index in [1.165, 1.54) is 12.1 Å². The molecular weight excluding hydrogens is 222 g/mol. The van der Waals surface area contributed by atoms with E-state index in [1.807, 2.05) is 0 Å². The number of nitrogens with zero attached hydrogens (tertiary/aromatic N) is 4. The Kier molecular flexibility index (Phi) is 2.99. The van der Waals surface area contributed by atoms with Crippen LogP contribution in [-0.4, -0.2) is 19.7 Å². The summed E-state index contributed by atoms with van der Waals surface area (Å²) in [5, 5.41) is 17.6. The third-order valence-electron chi connectivity index (χ3n) is 2.18. The van der Waals surface area contributed by atoms with Gasteiger partial charge in [0.1, 0.15) is 6.33 Å². The SMILES string of the molecule is Cn1cnc(CNc2ccc([N+](=O)[O-])cc2)n1. The number of anilines is 1. The first-order valence-corrected chi connectivity index (χ1v) is 4.98. The highest BCUT2D eigenvalue weighted by atomic mass is 16.6. The number of nitrogens with one attached hydrogen (secondary N) is 1. The van der Waals surface area contributed by atoms with Crippen molar-refractivity contribution in [1.29, 1.82) is 0 Å². The lowest BCUT2D eigenvalue weighted by Crippen LogP contribution is -2.02. The fourth-order valence-electron chi connectivity index (χ4n) is 1.35. The smallest absolute Gasteiger partial charge is 0.269 e. The molecule has 0 spiro atoms. The normalized spacial score (nSPS) is 10.2. The number of hydrogen-bond donors (Lipinski definition) is 1. The molecule has 2 aromatic rings. The van der Waals surface area contributed by atoms with Crippen molar-refractivity contribution in [2.45, 2.75) is 6.54 Å². The second-order valence-electron chi connectivity index (χ2n) is 3.49. The molecule has 88 valence electrons. The highest BCUT2D eigenvalue weighted by molar-refractivity contribution is 5.48. The van der Waals surface area contributed by atoms with Crippen LogP contribution >= 0.6 is 0 Å². The van der Waals surface area contributed by atoms with Gasteiger partial charge in [-0.15, -0.1) is 0 Å². The third-order valence-corrected chi connectivity index (χ3v) is 2.18. The molecule has 7 heteroatoms. The first kappa shape index (κ1) is 11.1. The highest BCUT2D eigenvalue weighted by Gasteiger charge is 2.04. The van der Waals surface area contributed by atoms with Gasteiger partial charge in [0.25, 0.3) is 5.69 Å². The van der Waals surface area contributed by atoms with Gasteiger partial charge in [0.15, 0.2) is 5.82 Å². The topological polar surface area (TPSA) is 85.9 Å². The predicted octanol–water partition coefficient (Wildman–Crippen LogP) is 1.34. The van der Waals surface area contributed by atoms with Crippen LogP contribution in [-0.2, 0) is 13.6 Å². The van der Waals surface area contributed by atoms with Gasteiger partial charge in [-0.05, 0) is 12.1 Å². The zero-order valence-electron chi connectivity index (χ0n) is 9.20. The molecule has 2 rings (SSSR count). The Bertz CT molecular complexity index is 520. The second-order valence-corrected chi connectivity index (χ2v) is 3.49. The Labute approximate surface area is 97.2 Å². The Balaban J connectivity index is 1.97. The number of non-ortho nitro benzene ring substituents is 1. The van der Waals surface area contributed by atoms with Crippen molar-refractivity contribution < 1.29 is 4.92 Å². The molecule has 0 radical (unpaired) electrons. The van der Waals surface area contributed by atoms with E-state index >= 15 is 0 Å². The van der Waals surface area contributed by atoms with Crippen LogP contribution in [0.25, 0.3) is 0 Å². The standard InChI is InChI=1S/C10H11N5O2/c1-14-7-12-10(13-14)6-11-8-2-4-9(5-3-8)15(16)17/h2-5,7,11H,6H2,1H3. The minimum Gasteiger partial charge on any atom is -0.378 e. The maximum atomic E-state index is 10.5. The van der Waals surface area contributed by atoms with Gasteiger partial charge in [-0.25, -0.2) is 4.98 Å². The van der Waals surface area contributed by atoms with Crippen molar-refractivity contribution in [1.82, 2.24) is 14.8 Å². The lowest BCUT2D eigenvalue weighted by Gasteiger charge is -2.02. The summed E-state index contributed by atoms with van der Waals surface area (Å²) in [7, 11) is 1.79. The molecule has 0 aliphatic heterocycles. The van der Waals surface area contributed by atoms with Gasteiger partial charge >= 0.3 is 0 Å². The van der Waals surface area contributed by atoms with E-state index in [9.17, 15) is 10.1 Å². The molecule has 0 unspecified atom stereocenters. The second kappa shape index (κ2) is 4.60. The van der Waals surface area contributed by atoms with Gasteiger partial charge in [0.2, 0.25) is 0 Å². The third kappa shape index (κ3) is 2.77. The molecule has 7 nitrogen and oxygen atoms in total. The number of nitro benzene ring substituents is 1. The number of aryl methyl sites for hydroxylation is 1. The minimum absolute atomic E-state index is 0.0755. The largest absolute Gasteiger partial charge is 0.378 e. The molecule has 0 bridgehead atoms. The van der Waals surface area contributed by atoms with Crippen molar-refractivity contribution in [3.63, 3.8) is 0 Å². The lowest BCUT2D eigenvalue weighted by atomic mass is 10.3. The predicted molar refractivity (Wildman–Crippen MR) is 61.4 cm³/mol. The first-order chi connectivity index (χ1) is 8.15. The van der Waals surface area contributed by atoms with E-state index in [2.05, 4.69) is 15.4 Å². The summed E-state index contributed by atoms with van der Waals surface area (Å²) in [6.45, 7) is 0.485. The van der Waals surface area contributed by atoms with Crippen LogP contribution in [0.5, 0.6) is 0 Å². The molecule has 1 aromatic carbocycles. The summed E-state index contributed by atoms with van der Waals surface area (Å²) in [4.78, 5) is 14.1. The summed E-state index contributed by atoms with van der Waals surface area (Å²) < 4.78 is 1.62. The molecule has 0 fully saturated rings. The number of aromatic nitrogens is 3. The van der Waals surface area contributed by atoms with E-state index in [0.717, 1.165) is 5.69 Å². The number of nitro groups is 1. The van der Waals surface area contributed by atoms with Gasteiger partial charge in [-0.3, -0.25) is 14.8 Å². The molecule has 0 aliphatic rings. The fraction of sp³-hybridized carbons (Fsp3) is 0.200. The van der Waals surface area contributed by atoms with E-state index in [-0.39, 0.29) is 5.69 Å². The Morgan fingerprint density at radius 2 is 2.12 bits per heavy atom. The summed E-state index contributed by atoms with van der Waals surface area (Å²) in [5.74, 6) is 0.672. The minimum atomic E-state index is -0.427. The van der Waals surface area contributed by atoms with Crippen LogP contribution in [0, 0.1) is 10.1 Å². The molecule has 1 heterocycles. The van der Waals surface area contributed by atoms with Crippen LogP contribution in [0.2, 0.25) is 0 Å². The molecule has 1 aromatic heterocycles. The maximum Gasteiger partial charge on any atom is 0.269 e. The van der Waals surface area contributed by atoms with E-state index in [0.29, 0.717) is 12.4 Å². The zero-order chi connectivity index (χ0) is 12.3. The van der Waals surface area contributed by atoms with Gasteiger partial charge in [0.05, 0.1) is 11.5 Å². The molecule has 0 saturated carbocycles. The number of rotatable bonds is 4. The quantitative estimate of drug-likeness (QED) is 0.636. The van der Waals surface area contributed by atoms with Gasteiger partial charge in [-0.1, -0.05) is 0 Å². The van der Waals surface area contributed by atoms with Crippen LogP contribution in [0.3, 0.4) is 0 Å². The number of benzene rings is 1. The van der Waals surface area contributed by atoms with Crippen LogP contribution in [0.15, 0.2) is 30.6 Å². The molecule has 17 heavy (non-hydrogen) atoms. The van der Waals surface area contributed by atoms with Crippen LogP contribution in [0.1, 0.15) is 5.82 Å². The molecule has 0 amide bonds. The Morgan fingerprint density at radius 3 is 2.65 bits per heavy atom. The van der Waals surface area contributed by atoms with Crippen molar-refractivity contribution >= 4 is 11.4 Å². The summed E-state index contributed by atoms with van der Waals surface area (Å²) >= 11 is 0. The van der Waals surface area contributed by atoms with Crippen molar-refractivity contribution in [3.8, 4) is 0 Å². The average Bonchev–Trinajstić information content (AvgIpc) is 2.73. The van der Waals surface area contributed by atoms with Gasteiger partial charge < -0.3 is 5.32 Å². The zero-order valence-corrected chi connectivity index (χ0v) is 9.20. The van der Waals surface area contributed by atoms with Crippen LogP contribution < -0.4 is 5.32 Å². The fourth-order valence-corrected chi connectivity index (χ4v) is 1.35. The van der Waals surface area contributed by atoms with E-state index in [4.69, 9.17) is 0 Å². The monoisotopic (exact) mass is 233 g/mol. The first-order valence-electron chi connectivity index (χ1n) is 4.98. The summed E-state index contributed by atoms with van der Waals surface area (Å²) in [6, 6.07) is 6.21. The van der Waals surface area contributed by atoms with Gasteiger partial charge in [0, 0.05) is 24.9 Å². The summed E-state index contributed by atoms with van der Waals surface area (Å²) in [6.07, 6.45) is 1.62. The highest BCUT2D eigenvalue weighted by Crippen LogP contribution is 2.15. The Morgan fingerprint density at radius 1 is 1.41 bits per heavy atom.